The number of nitrogens with zero attached hydrogens (tertiary/aromatic N) is 3. The van der Waals surface area contributed by atoms with Crippen LogP contribution in [0.3, 0.4) is 0 Å². The number of anilines is 1. The van der Waals surface area contributed by atoms with Crippen LogP contribution in [0.5, 0.6) is 0 Å². The zero-order valence-corrected chi connectivity index (χ0v) is 14.3. The molecule has 24 heavy (non-hydrogen) atoms. The Kier molecular flexibility index (Phi) is 5.50. The molecule has 2 amide bonds. The Hall–Kier alpha value is -1.89. The Morgan fingerprint density at radius 3 is 2.67 bits per heavy atom. The molecule has 2 heterocycles. The molecule has 1 saturated heterocycles. The minimum Gasteiger partial charge on any atom is -0.360 e. The highest BCUT2D eigenvalue weighted by Gasteiger charge is 2.30. The SMILES string of the molecule is Cc1cc(NC(=O)CN(CCN2CCCC2)C(=O)C2CCC2)no1. The molecular weight excluding hydrogens is 308 g/mol. The molecule has 0 aromatic carbocycles. The normalized spacial score (nSPS) is 18.4. The van der Waals surface area contributed by atoms with Crippen molar-refractivity contribution >= 4 is 17.6 Å². The molecule has 0 unspecified atom stereocenters. The maximum absolute atomic E-state index is 12.6. The molecular formula is C17H26N4O3. The van der Waals surface area contributed by atoms with E-state index in [1.165, 1.54) is 12.8 Å². The molecule has 7 nitrogen and oxygen atoms in total. The van der Waals surface area contributed by atoms with Gasteiger partial charge in [0.05, 0.1) is 6.54 Å². The Bertz CT molecular complexity index is 576. The highest BCUT2D eigenvalue weighted by Crippen LogP contribution is 2.28. The molecule has 3 rings (SSSR count). The third-order valence-corrected chi connectivity index (χ3v) is 4.88. The van der Waals surface area contributed by atoms with Gasteiger partial charge in [0, 0.05) is 25.1 Å². The first-order valence-electron chi connectivity index (χ1n) is 8.86. The molecule has 2 fully saturated rings. The molecule has 0 spiro atoms. The second-order valence-corrected chi connectivity index (χ2v) is 6.81. The van der Waals surface area contributed by atoms with Crippen molar-refractivity contribution in [3.63, 3.8) is 0 Å². The van der Waals surface area contributed by atoms with Crippen LogP contribution in [0.4, 0.5) is 5.82 Å². The van der Waals surface area contributed by atoms with Crippen molar-refractivity contribution in [3.8, 4) is 0 Å². The number of carbonyl (C=O) groups excluding carboxylic acids is 2. The standard InChI is InChI=1S/C17H26N4O3/c1-13-11-15(19-24-13)18-16(22)12-21(17(23)14-5-4-6-14)10-9-20-7-2-3-8-20/h11,14H,2-10,12H2,1H3,(H,18,19,22). The number of aromatic nitrogens is 1. The molecule has 7 heteroatoms. The van der Waals surface area contributed by atoms with Gasteiger partial charge in [-0.15, -0.1) is 0 Å². The topological polar surface area (TPSA) is 78.7 Å². The Balaban J connectivity index is 1.55. The van der Waals surface area contributed by atoms with E-state index in [9.17, 15) is 9.59 Å². The van der Waals surface area contributed by atoms with Crippen molar-refractivity contribution < 1.29 is 14.1 Å². The molecule has 0 atom stereocenters. The monoisotopic (exact) mass is 334 g/mol. The zero-order chi connectivity index (χ0) is 16.9. The summed E-state index contributed by atoms with van der Waals surface area (Å²) in [5, 5.41) is 6.46. The number of carbonyl (C=O) groups is 2. The molecule has 0 bridgehead atoms. The molecule has 1 saturated carbocycles. The lowest BCUT2D eigenvalue weighted by molar-refractivity contribution is -0.140. The van der Waals surface area contributed by atoms with Gasteiger partial charge in [-0.25, -0.2) is 0 Å². The third kappa shape index (κ3) is 4.35. The van der Waals surface area contributed by atoms with Gasteiger partial charge in [0.2, 0.25) is 11.8 Å². The van der Waals surface area contributed by atoms with Gasteiger partial charge in [-0.2, -0.15) is 0 Å². The lowest BCUT2D eigenvalue weighted by Gasteiger charge is -2.32. The number of aryl methyl sites for hydroxylation is 1. The summed E-state index contributed by atoms with van der Waals surface area (Å²) in [7, 11) is 0. The van der Waals surface area contributed by atoms with Crippen LogP contribution in [0, 0.1) is 12.8 Å². The molecule has 1 aliphatic heterocycles. The van der Waals surface area contributed by atoms with E-state index in [-0.39, 0.29) is 24.3 Å². The van der Waals surface area contributed by atoms with Crippen LogP contribution in [0.15, 0.2) is 10.6 Å². The van der Waals surface area contributed by atoms with Crippen LogP contribution >= 0.6 is 0 Å². The van der Waals surface area contributed by atoms with Gasteiger partial charge < -0.3 is 19.6 Å². The summed E-state index contributed by atoms with van der Waals surface area (Å²) in [6.45, 7) is 5.49. The second kappa shape index (κ2) is 7.79. The maximum atomic E-state index is 12.6. The number of nitrogens with one attached hydrogen (secondary N) is 1. The van der Waals surface area contributed by atoms with Gasteiger partial charge in [0.1, 0.15) is 5.76 Å². The van der Waals surface area contributed by atoms with Crippen molar-refractivity contribution in [1.82, 2.24) is 15.0 Å². The first-order valence-corrected chi connectivity index (χ1v) is 8.86. The van der Waals surface area contributed by atoms with Crippen molar-refractivity contribution in [2.75, 3.05) is 38.0 Å². The number of amides is 2. The fraction of sp³-hybridized carbons (Fsp3) is 0.706. The highest BCUT2D eigenvalue weighted by atomic mass is 16.5. The minimum absolute atomic E-state index is 0.0785. The van der Waals surface area contributed by atoms with Gasteiger partial charge in [-0.05, 0) is 45.7 Å². The van der Waals surface area contributed by atoms with E-state index in [1.807, 2.05) is 0 Å². The minimum atomic E-state index is -0.225. The molecule has 1 aromatic heterocycles. The Morgan fingerprint density at radius 1 is 1.33 bits per heavy atom. The smallest absolute Gasteiger partial charge is 0.245 e. The van der Waals surface area contributed by atoms with Crippen LogP contribution in [-0.2, 0) is 9.59 Å². The third-order valence-electron chi connectivity index (χ3n) is 4.88. The van der Waals surface area contributed by atoms with E-state index in [0.29, 0.717) is 18.1 Å². The van der Waals surface area contributed by atoms with Gasteiger partial charge in [-0.3, -0.25) is 9.59 Å². The van der Waals surface area contributed by atoms with Crippen molar-refractivity contribution in [1.29, 1.82) is 0 Å². The summed E-state index contributed by atoms with van der Waals surface area (Å²) in [6, 6.07) is 1.67. The number of likely N-dealkylation sites (tertiary alicyclic amines) is 1. The van der Waals surface area contributed by atoms with Gasteiger partial charge in [0.25, 0.3) is 0 Å². The molecule has 1 N–H and O–H groups in total. The Labute approximate surface area is 142 Å². The number of hydrogen-bond donors (Lipinski definition) is 1. The van der Waals surface area contributed by atoms with E-state index in [2.05, 4.69) is 15.4 Å². The van der Waals surface area contributed by atoms with Crippen LogP contribution in [0.2, 0.25) is 0 Å². The molecule has 1 aromatic rings. The molecule has 0 radical (unpaired) electrons. The summed E-state index contributed by atoms with van der Waals surface area (Å²) in [4.78, 5) is 29.0. The van der Waals surface area contributed by atoms with E-state index < -0.39 is 0 Å². The predicted molar refractivity (Wildman–Crippen MR) is 89.5 cm³/mol. The van der Waals surface area contributed by atoms with E-state index in [0.717, 1.165) is 38.9 Å². The van der Waals surface area contributed by atoms with Crippen molar-refractivity contribution in [2.45, 2.75) is 39.0 Å². The fourth-order valence-electron chi connectivity index (χ4n) is 3.23. The summed E-state index contributed by atoms with van der Waals surface area (Å²) < 4.78 is 4.95. The average Bonchev–Trinajstić information content (AvgIpc) is 3.13. The summed E-state index contributed by atoms with van der Waals surface area (Å²) >= 11 is 0. The summed E-state index contributed by atoms with van der Waals surface area (Å²) in [5.41, 5.74) is 0. The first kappa shape index (κ1) is 17.0. The van der Waals surface area contributed by atoms with Crippen LogP contribution < -0.4 is 5.32 Å². The van der Waals surface area contributed by atoms with Gasteiger partial charge in [0.15, 0.2) is 5.82 Å². The average molecular weight is 334 g/mol. The predicted octanol–water partition coefficient (Wildman–Crippen LogP) is 1.65. The Morgan fingerprint density at radius 2 is 2.08 bits per heavy atom. The summed E-state index contributed by atoms with van der Waals surface area (Å²) in [5.74, 6) is 1.03. The zero-order valence-electron chi connectivity index (χ0n) is 14.3. The number of rotatable bonds is 7. The van der Waals surface area contributed by atoms with E-state index in [1.54, 1.807) is 17.9 Å². The first-order chi connectivity index (χ1) is 11.6. The second-order valence-electron chi connectivity index (χ2n) is 6.81. The van der Waals surface area contributed by atoms with Crippen molar-refractivity contribution in [2.24, 2.45) is 5.92 Å². The lowest BCUT2D eigenvalue weighted by atomic mass is 9.84. The van der Waals surface area contributed by atoms with Crippen LogP contribution in [0.25, 0.3) is 0 Å². The van der Waals surface area contributed by atoms with E-state index in [4.69, 9.17) is 4.52 Å². The van der Waals surface area contributed by atoms with Crippen LogP contribution in [0.1, 0.15) is 37.9 Å². The maximum Gasteiger partial charge on any atom is 0.245 e. The summed E-state index contributed by atoms with van der Waals surface area (Å²) in [6.07, 6.45) is 5.46. The molecule has 1 aliphatic carbocycles. The van der Waals surface area contributed by atoms with Gasteiger partial charge in [-0.1, -0.05) is 11.6 Å². The largest absolute Gasteiger partial charge is 0.360 e. The van der Waals surface area contributed by atoms with Crippen molar-refractivity contribution in [3.05, 3.63) is 11.8 Å². The van der Waals surface area contributed by atoms with Crippen LogP contribution in [-0.4, -0.2) is 59.5 Å². The van der Waals surface area contributed by atoms with Gasteiger partial charge >= 0.3 is 0 Å². The number of hydrogen-bond acceptors (Lipinski definition) is 5. The quantitative estimate of drug-likeness (QED) is 0.820. The lowest BCUT2D eigenvalue weighted by Crippen LogP contribution is -2.46. The van der Waals surface area contributed by atoms with E-state index >= 15 is 0 Å². The molecule has 132 valence electrons. The fourth-order valence-corrected chi connectivity index (χ4v) is 3.23. The molecule has 2 aliphatic rings. The highest BCUT2D eigenvalue weighted by molar-refractivity contribution is 5.94.